The van der Waals surface area contributed by atoms with Crippen LogP contribution < -0.4 is 20.1 Å². The van der Waals surface area contributed by atoms with Gasteiger partial charge in [0.2, 0.25) is 11.8 Å². The van der Waals surface area contributed by atoms with Crippen molar-refractivity contribution in [3.63, 3.8) is 0 Å². The molecule has 0 saturated carbocycles. The van der Waals surface area contributed by atoms with E-state index in [4.69, 9.17) is 9.47 Å². The van der Waals surface area contributed by atoms with Gasteiger partial charge in [-0.2, -0.15) is 0 Å². The molecule has 6 nitrogen and oxygen atoms in total. The Balaban J connectivity index is 2.49. The minimum Gasteiger partial charge on any atom is -0.493 e. The van der Waals surface area contributed by atoms with E-state index in [1.54, 1.807) is 0 Å². The van der Waals surface area contributed by atoms with Crippen molar-refractivity contribution in [2.75, 3.05) is 26.3 Å². The van der Waals surface area contributed by atoms with Gasteiger partial charge in [-0.25, -0.2) is 0 Å². The van der Waals surface area contributed by atoms with Crippen LogP contribution in [0.25, 0.3) is 0 Å². The SMILES string of the molecule is CCCCCNC(=O)CCCOc1cc(CCCC(C)C)cc(OCCCC(=O)NCCCCC)c1. The number of nitrogens with one attached hydrogen (secondary N) is 2. The molecule has 0 unspecified atom stereocenters. The maximum absolute atomic E-state index is 12.0. The number of unbranched alkanes of at least 4 members (excludes halogenated alkanes) is 4. The number of carbonyl (C=O) groups is 2. The van der Waals surface area contributed by atoms with Crippen molar-refractivity contribution in [1.82, 2.24) is 10.6 Å². The summed E-state index contributed by atoms with van der Waals surface area (Å²) in [7, 11) is 0. The van der Waals surface area contributed by atoms with E-state index in [0.717, 1.165) is 76.0 Å². The number of rotatable bonds is 22. The molecule has 6 heteroatoms. The third-order valence-corrected chi connectivity index (χ3v) is 6.03. The topological polar surface area (TPSA) is 76.7 Å². The van der Waals surface area contributed by atoms with Crippen LogP contribution in [0.3, 0.4) is 0 Å². The van der Waals surface area contributed by atoms with E-state index in [9.17, 15) is 9.59 Å². The first kappa shape index (κ1) is 31.8. The molecule has 1 aromatic rings. The Morgan fingerprint density at radius 3 is 1.67 bits per heavy atom. The Bertz CT molecular complexity index is 671. The maximum atomic E-state index is 12.0. The Labute approximate surface area is 220 Å². The van der Waals surface area contributed by atoms with Gasteiger partial charge < -0.3 is 20.1 Å². The monoisotopic (exact) mass is 504 g/mol. The summed E-state index contributed by atoms with van der Waals surface area (Å²) in [5.74, 6) is 2.43. The minimum atomic E-state index is 0.0931. The quantitative estimate of drug-likeness (QED) is 0.175. The van der Waals surface area contributed by atoms with E-state index >= 15 is 0 Å². The van der Waals surface area contributed by atoms with Gasteiger partial charge in [0.15, 0.2) is 0 Å². The molecule has 0 bridgehead atoms. The molecular formula is C30H52N2O4. The summed E-state index contributed by atoms with van der Waals surface area (Å²) in [5, 5.41) is 5.95. The van der Waals surface area contributed by atoms with Crippen LogP contribution in [0.2, 0.25) is 0 Å². The second-order valence-electron chi connectivity index (χ2n) is 10.1. The second kappa shape index (κ2) is 20.9. The second-order valence-corrected chi connectivity index (χ2v) is 10.1. The minimum absolute atomic E-state index is 0.0931. The fourth-order valence-corrected chi connectivity index (χ4v) is 3.88. The summed E-state index contributed by atoms with van der Waals surface area (Å²) < 4.78 is 12.0. The molecule has 206 valence electrons. The fraction of sp³-hybridized carbons (Fsp3) is 0.733. The molecule has 0 fully saturated rings. The first-order valence-corrected chi connectivity index (χ1v) is 14.4. The zero-order valence-corrected chi connectivity index (χ0v) is 23.5. The first-order valence-electron chi connectivity index (χ1n) is 14.4. The predicted molar refractivity (Wildman–Crippen MR) is 149 cm³/mol. The Kier molecular flexibility index (Phi) is 18.5. The molecule has 1 rings (SSSR count). The molecule has 0 aliphatic rings. The van der Waals surface area contributed by atoms with Crippen LogP contribution in [0.4, 0.5) is 0 Å². The van der Waals surface area contributed by atoms with Crippen LogP contribution in [0, 0.1) is 5.92 Å². The zero-order valence-electron chi connectivity index (χ0n) is 23.5. The van der Waals surface area contributed by atoms with Gasteiger partial charge in [0.25, 0.3) is 0 Å². The zero-order chi connectivity index (χ0) is 26.4. The standard InChI is InChI=1S/C30H52N2O4/c1-5-7-9-18-31-29(33)16-12-20-35-27-22-26(15-11-14-25(3)4)23-28(24-27)36-21-13-17-30(34)32-19-10-8-6-2/h22-25H,5-21H2,1-4H3,(H,31,33)(H,32,34). The van der Waals surface area contributed by atoms with Gasteiger partial charge in [0, 0.05) is 32.0 Å². The van der Waals surface area contributed by atoms with Crippen molar-refractivity contribution in [2.45, 2.75) is 111 Å². The molecule has 0 saturated heterocycles. The molecule has 1 aromatic carbocycles. The van der Waals surface area contributed by atoms with Crippen LogP contribution >= 0.6 is 0 Å². The average Bonchev–Trinajstić information content (AvgIpc) is 2.85. The number of carbonyl (C=O) groups excluding carboxylic acids is 2. The molecule has 2 N–H and O–H groups in total. The third-order valence-electron chi connectivity index (χ3n) is 6.03. The number of hydrogen-bond donors (Lipinski definition) is 2. The van der Waals surface area contributed by atoms with Crippen molar-refractivity contribution >= 4 is 11.8 Å². The van der Waals surface area contributed by atoms with Crippen molar-refractivity contribution in [3.05, 3.63) is 23.8 Å². The molecule has 0 heterocycles. The van der Waals surface area contributed by atoms with E-state index in [-0.39, 0.29) is 11.8 Å². The lowest BCUT2D eigenvalue weighted by Crippen LogP contribution is -2.24. The molecular weight excluding hydrogens is 452 g/mol. The van der Waals surface area contributed by atoms with Gasteiger partial charge in [-0.3, -0.25) is 9.59 Å². The first-order chi connectivity index (χ1) is 17.4. The van der Waals surface area contributed by atoms with Crippen molar-refractivity contribution in [3.8, 4) is 11.5 Å². The molecule has 0 aliphatic heterocycles. The summed E-state index contributed by atoms with van der Waals surface area (Å²) in [6.07, 6.45) is 12.3. The average molecular weight is 505 g/mol. The van der Waals surface area contributed by atoms with E-state index in [0.29, 0.717) is 44.8 Å². The maximum Gasteiger partial charge on any atom is 0.220 e. The molecule has 0 radical (unpaired) electrons. The number of amides is 2. The van der Waals surface area contributed by atoms with Gasteiger partial charge >= 0.3 is 0 Å². The van der Waals surface area contributed by atoms with Gasteiger partial charge in [0.1, 0.15) is 11.5 Å². The predicted octanol–water partition coefficient (Wildman–Crippen LogP) is 6.60. The number of hydrogen-bond acceptors (Lipinski definition) is 4. The highest BCUT2D eigenvalue weighted by molar-refractivity contribution is 5.76. The van der Waals surface area contributed by atoms with Gasteiger partial charge in [0.05, 0.1) is 13.2 Å². The van der Waals surface area contributed by atoms with E-state index in [1.165, 1.54) is 12.0 Å². The van der Waals surface area contributed by atoms with Crippen molar-refractivity contribution in [2.24, 2.45) is 5.92 Å². The van der Waals surface area contributed by atoms with Crippen LogP contribution in [-0.4, -0.2) is 38.1 Å². The normalized spacial score (nSPS) is 10.9. The fourth-order valence-electron chi connectivity index (χ4n) is 3.88. The summed E-state index contributed by atoms with van der Waals surface area (Å²) in [4.78, 5) is 23.9. The van der Waals surface area contributed by atoms with Crippen LogP contribution in [0.1, 0.15) is 110 Å². The van der Waals surface area contributed by atoms with Gasteiger partial charge in [-0.15, -0.1) is 0 Å². The van der Waals surface area contributed by atoms with Gasteiger partial charge in [-0.05, 0) is 62.1 Å². The van der Waals surface area contributed by atoms with Crippen LogP contribution in [0.15, 0.2) is 18.2 Å². The summed E-state index contributed by atoms with van der Waals surface area (Å²) in [5.41, 5.74) is 1.20. The molecule has 0 aliphatic carbocycles. The highest BCUT2D eigenvalue weighted by Crippen LogP contribution is 2.25. The molecule has 36 heavy (non-hydrogen) atoms. The van der Waals surface area contributed by atoms with Crippen LogP contribution in [-0.2, 0) is 16.0 Å². The van der Waals surface area contributed by atoms with Crippen molar-refractivity contribution < 1.29 is 19.1 Å². The molecule has 2 amide bonds. The Morgan fingerprint density at radius 1 is 0.722 bits per heavy atom. The summed E-state index contributed by atoms with van der Waals surface area (Å²) in [6.45, 7) is 11.3. The summed E-state index contributed by atoms with van der Waals surface area (Å²) in [6, 6.07) is 6.09. The lowest BCUT2D eigenvalue weighted by atomic mass is 10.0. The number of benzene rings is 1. The van der Waals surface area contributed by atoms with Crippen molar-refractivity contribution in [1.29, 1.82) is 0 Å². The lowest BCUT2D eigenvalue weighted by Gasteiger charge is -2.13. The highest BCUT2D eigenvalue weighted by atomic mass is 16.5. The highest BCUT2D eigenvalue weighted by Gasteiger charge is 2.07. The Morgan fingerprint density at radius 2 is 1.22 bits per heavy atom. The van der Waals surface area contributed by atoms with E-state index < -0.39 is 0 Å². The smallest absolute Gasteiger partial charge is 0.220 e. The molecule has 0 spiro atoms. The van der Waals surface area contributed by atoms with Crippen LogP contribution in [0.5, 0.6) is 11.5 Å². The molecule has 0 aromatic heterocycles. The van der Waals surface area contributed by atoms with E-state index in [1.807, 2.05) is 6.07 Å². The third kappa shape index (κ3) is 17.2. The number of aryl methyl sites for hydroxylation is 1. The molecule has 0 atom stereocenters. The summed E-state index contributed by atoms with van der Waals surface area (Å²) >= 11 is 0. The Hall–Kier alpha value is -2.24. The lowest BCUT2D eigenvalue weighted by molar-refractivity contribution is -0.122. The van der Waals surface area contributed by atoms with E-state index in [2.05, 4.69) is 50.5 Å². The van der Waals surface area contributed by atoms with Gasteiger partial charge in [-0.1, -0.05) is 59.8 Å². The largest absolute Gasteiger partial charge is 0.493 e. The number of ether oxygens (including phenoxy) is 2.